The summed E-state index contributed by atoms with van der Waals surface area (Å²) in [7, 11) is 0. The molecule has 1 saturated heterocycles. The fourth-order valence-electron chi connectivity index (χ4n) is 2.92. The maximum atomic E-state index is 13.0. The van der Waals surface area contributed by atoms with Crippen molar-refractivity contribution >= 4 is 35.6 Å². The van der Waals surface area contributed by atoms with Crippen molar-refractivity contribution in [3.05, 3.63) is 64.7 Å². The van der Waals surface area contributed by atoms with Crippen molar-refractivity contribution in [2.24, 2.45) is 0 Å². The number of aryl methyl sites for hydroxylation is 1. The number of ether oxygens (including phenoxy) is 1. The van der Waals surface area contributed by atoms with Gasteiger partial charge < -0.3 is 9.84 Å². The Bertz CT molecular complexity index is 1070. The van der Waals surface area contributed by atoms with Gasteiger partial charge in [0.15, 0.2) is 6.10 Å². The fourth-order valence-corrected chi connectivity index (χ4v) is 2.92. The average molecular weight is 408 g/mol. The summed E-state index contributed by atoms with van der Waals surface area (Å²) < 4.78 is 5.26. The van der Waals surface area contributed by atoms with E-state index in [0.717, 1.165) is 16.0 Å². The smallest absolute Gasteiger partial charge is 0.344 e. The van der Waals surface area contributed by atoms with Crippen LogP contribution in [0.3, 0.4) is 0 Å². The Morgan fingerprint density at radius 3 is 2.40 bits per heavy atom. The molecule has 154 valence electrons. The molecule has 0 aromatic heterocycles. The zero-order chi connectivity index (χ0) is 22.0. The SMILES string of the molecule is Cc1cccc(N2C(=O)NC(=O)/C(=C\c3ccc(OC(C)C(=O)O)cc3)C2=O)c1C. The minimum atomic E-state index is -1.10. The van der Waals surface area contributed by atoms with E-state index in [-0.39, 0.29) is 5.57 Å². The molecule has 1 aliphatic heterocycles. The number of rotatable bonds is 5. The second kappa shape index (κ2) is 8.20. The molecule has 1 unspecified atom stereocenters. The first-order chi connectivity index (χ1) is 14.2. The number of nitrogens with one attached hydrogen (secondary N) is 1. The molecule has 1 aliphatic rings. The van der Waals surface area contributed by atoms with Gasteiger partial charge in [0, 0.05) is 0 Å². The predicted octanol–water partition coefficient (Wildman–Crippen LogP) is 2.82. The summed E-state index contributed by atoms with van der Waals surface area (Å²) in [4.78, 5) is 49.5. The number of amides is 4. The number of aliphatic carboxylic acids is 1. The van der Waals surface area contributed by atoms with Gasteiger partial charge in [-0.15, -0.1) is 0 Å². The number of carbonyl (C=O) groups is 4. The van der Waals surface area contributed by atoms with Crippen molar-refractivity contribution in [1.82, 2.24) is 5.32 Å². The van der Waals surface area contributed by atoms with Gasteiger partial charge in [-0.3, -0.25) is 14.9 Å². The zero-order valence-corrected chi connectivity index (χ0v) is 16.6. The molecule has 1 atom stereocenters. The number of nitrogens with zero attached hydrogens (tertiary/aromatic N) is 1. The third-order valence-electron chi connectivity index (χ3n) is 4.77. The van der Waals surface area contributed by atoms with E-state index < -0.39 is 29.9 Å². The molecule has 4 amide bonds. The molecule has 1 heterocycles. The monoisotopic (exact) mass is 408 g/mol. The number of barbiturate groups is 1. The van der Waals surface area contributed by atoms with E-state index in [2.05, 4.69) is 5.32 Å². The predicted molar refractivity (Wildman–Crippen MR) is 109 cm³/mol. The first kappa shape index (κ1) is 20.8. The van der Waals surface area contributed by atoms with Gasteiger partial charge >= 0.3 is 12.0 Å². The van der Waals surface area contributed by atoms with E-state index >= 15 is 0 Å². The molecule has 2 N–H and O–H groups in total. The number of anilines is 1. The number of carboxylic acid groups (broad SMARTS) is 1. The third kappa shape index (κ3) is 4.07. The fraction of sp³-hybridized carbons (Fsp3) is 0.182. The van der Waals surface area contributed by atoms with Gasteiger partial charge in [0.1, 0.15) is 11.3 Å². The maximum Gasteiger partial charge on any atom is 0.344 e. The van der Waals surface area contributed by atoms with Crippen LogP contribution < -0.4 is 15.0 Å². The molecule has 2 aromatic carbocycles. The molecule has 30 heavy (non-hydrogen) atoms. The minimum Gasteiger partial charge on any atom is -0.479 e. The highest BCUT2D eigenvalue weighted by molar-refractivity contribution is 6.39. The van der Waals surface area contributed by atoms with Gasteiger partial charge in [-0.05, 0) is 61.7 Å². The van der Waals surface area contributed by atoms with Gasteiger partial charge in [0.2, 0.25) is 0 Å². The second-order valence-electron chi connectivity index (χ2n) is 6.84. The molecule has 8 heteroatoms. The quantitative estimate of drug-likeness (QED) is 0.581. The maximum absolute atomic E-state index is 13.0. The lowest BCUT2D eigenvalue weighted by atomic mass is 10.0. The number of urea groups is 1. The van der Waals surface area contributed by atoms with Gasteiger partial charge in [0.25, 0.3) is 11.8 Å². The van der Waals surface area contributed by atoms with Gasteiger partial charge in [-0.1, -0.05) is 24.3 Å². The highest BCUT2D eigenvalue weighted by Gasteiger charge is 2.37. The van der Waals surface area contributed by atoms with Crippen LogP contribution in [-0.2, 0) is 14.4 Å². The minimum absolute atomic E-state index is 0.192. The van der Waals surface area contributed by atoms with Crippen LogP contribution in [0.15, 0.2) is 48.0 Å². The molecule has 0 saturated carbocycles. The first-order valence-corrected chi connectivity index (χ1v) is 9.16. The van der Waals surface area contributed by atoms with Crippen LogP contribution in [0, 0.1) is 13.8 Å². The van der Waals surface area contributed by atoms with Gasteiger partial charge in [-0.25, -0.2) is 14.5 Å². The summed E-state index contributed by atoms with van der Waals surface area (Å²) in [5, 5.41) is 11.1. The lowest BCUT2D eigenvalue weighted by Crippen LogP contribution is -2.54. The van der Waals surface area contributed by atoms with Crippen molar-refractivity contribution in [3.63, 3.8) is 0 Å². The number of carboxylic acids is 1. The summed E-state index contributed by atoms with van der Waals surface area (Å²) >= 11 is 0. The molecule has 8 nitrogen and oxygen atoms in total. The van der Waals surface area contributed by atoms with E-state index in [1.165, 1.54) is 25.1 Å². The molecule has 3 rings (SSSR count). The topological polar surface area (TPSA) is 113 Å². The van der Waals surface area contributed by atoms with E-state index in [9.17, 15) is 19.2 Å². The Morgan fingerprint density at radius 2 is 1.77 bits per heavy atom. The van der Waals surface area contributed by atoms with Crippen molar-refractivity contribution in [1.29, 1.82) is 0 Å². The van der Waals surface area contributed by atoms with Crippen LogP contribution in [0.25, 0.3) is 6.08 Å². The van der Waals surface area contributed by atoms with Crippen LogP contribution >= 0.6 is 0 Å². The van der Waals surface area contributed by atoms with Crippen LogP contribution in [0.4, 0.5) is 10.5 Å². The Kier molecular flexibility index (Phi) is 5.68. The average Bonchev–Trinajstić information content (AvgIpc) is 2.69. The molecular formula is C22H20N2O6. The normalized spacial score (nSPS) is 16.4. The lowest BCUT2D eigenvalue weighted by molar-refractivity contribution is -0.144. The molecule has 0 bridgehead atoms. The summed E-state index contributed by atoms with van der Waals surface area (Å²) in [6, 6.07) is 10.7. The van der Waals surface area contributed by atoms with Gasteiger partial charge in [-0.2, -0.15) is 0 Å². The highest BCUT2D eigenvalue weighted by atomic mass is 16.5. The summed E-state index contributed by atoms with van der Waals surface area (Å²) in [5.41, 5.74) is 2.38. The Labute approximate surface area is 172 Å². The van der Waals surface area contributed by atoms with E-state index in [1.54, 1.807) is 31.2 Å². The Balaban J connectivity index is 1.91. The van der Waals surface area contributed by atoms with Crippen LogP contribution in [0.1, 0.15) is 23.6 Å². The molecule has 0 spiro atoms. The number of carbonyl (C=O) groups excluding carboxylic acids is 3. The Morgan fingerprint density at radius 1 is 1.10 bits per heavy atom. The molecule has 1 fully saturated rings. The zero-order valence-electron chi connectivity index (χ0n) is 16.6. The standard InChI is InChI=1S/C22H20N2O6/c1-12-5-4-6-18(13(12)2)24-20(26)17(19(25)23-22(24)29)11-15-7-9-16(10-8-15)30-14(3)21(27)28/h4-11,14H,1-3H3,(H,27,28)(H,23,25,29)/b17-11+. The highest BCUT2D eigenvalue weighted by Crippen LogP contribution is 2.27. The van der Waals surface area contributed by atoms with E-state index in [1.807, 2.05) is 13.0 Å². The molecule has 2 aromatic rings. The van der Waals surface area contributed by atoms with Gasteiger partial charge in [0.05, 0.1) is 5.69 Å². The second-order valence-corrected chi connectivity index (χ2v) is 6.84. The molecule has 0 radical (unpaired) electrons. The van der Waals surface area contributed by atoms with Crippen LogP contribution in [-0.4, -0.2) is 35.0 Å². The van der Waals surface area contributed by atoms with Crippen molar-refractivity contribution in [2.75, 3.05) is 4.90 Å². The largest absolute Gasteiger partial charge is 0.479 e. The van der Waals surface area contributed by atoms with Crippen LogP contribution in [0.5, 0.6) is 5.75 Å². The lowest BCUT2D eigenvalue weighted by Gasteiger charge is -2.28. The van der Waals surface area contributed by atoms with E-state index in [4.69, 9.17) is 9.84 Å². The molecular weight excluding hydrogens is 388 g/mol. The van der Waals surface area contributed by atoms with Crippen LogP contribution in [0.2, 0.25) is 0 Å². The van der Waals surface area contributed by atoms with Crippen molar-refractivity contribution in [3.8, 4) is 5.75 Å². The Hall–Kier alpha value is -3.94. The summed E-state index contributed by atoms with van der Waals surface area (Å²) in [5.74, 6) is -2.27. The molecule has 0 aliphatic carbocycles. The number of benzene rings is 2. The summed E-state index contributed by atoms with van der Waals surface area (Å²) in [6.45, 7) is 5.06. The number of hydrogen-bond acceptors (Lipinski definition) is 5. The van der Waals surface area contributed by atoms with Crippen molar-refractivity contribution < 1.29 is 29.0 Å². The number of hydrogen-bond donors (Lipinski definition) is 2. The third-order valence-corrected chi connectivity index (χ3v) is 4.77. The first-order valence-electron chi connectivity index (χ1n) is 9.16. The van der Waals surface area contributed by atoms with E-state index in [0.29, 0.717) is 17.0 Å². The number of imide groups is 2. The summed E-state index contributed by atoms with van der Waals surface area (Å²) in [6.07, 6.45) is 0.351. The van der Waals surface area contributed by atoms with Crippen molar-refractivity contribution in [2.45, 2.75) is 26.9 Å².